The highest BCUT2D eigenvalue weighted by Crippen LogP contribution is 2.23. The number of aromatic nitrogens is 1. The number of nitrogens with one attached hydrogen (secondary N) is 1. The van der Waals surface area contributed by atoms with Crippen LogP contribution in [0.5, 0.6) is 0 Å². The van der Waals surface area contributed by atoms with Gasteiger partial charge in [0.1, 0.15) is 5.76 Å². The van der Waals surface area contributed by atoms with Crippen molar-refractivity contribution in [2.45, 2.75) is 39.2 Å². The second-order valence-electron chi connectivity index (χ2n) is 5.93. The molecule has 1 aromatic carbocycles. The van der Waals surface area contributed by atoms with Crippen LogP contribution in [-0.2, 0) is 5.41 Å². The van der Waals surface area contributed by atoms with Gasteiger partial charge >= 0.3 is 0 Å². The third-order valence-electron chi connectivity index (χ3n) is 3.13. The molecule has 0 aliphatic heterocycles. The molecule has 2 aromatic rings. The van der Waals surface area contributed by atoms with Gasteiger partial charge in [-0.3, -0.25) is 4.79 Å². The fourth-order valence-corrected chi connectivity index (χ4v) is 1.83. The monoisotopic (exact) mass is 272 g/mol. The van der Waals surface area contributed by atoms with Gasteiger partial charge in [-0.25, -0.2) is 0 Å². The van der Waals surface area contributed by atoms with Crippen molar-refractivity contribution in [2.24, 2.45) is 0 Å². The summed E-state index contributed by atoms with van der Waals surface area (Å²) in [6.07, 6.45) is 0. The first-order valence-corrected chi connectivity index (χ1v) is 6.71. The molecule has 1 aromatic heterocycles. The average molecular weight is 272 g/mol. The van der Waals surface area contributed by atoms with Gasteiger partial charge in [-0.05, 0) is 12.5 Å². The summed E-state index contributed by atoms with van der Waals surface area (Å²) in [5.74, 6) is 0.482. The Labute approximate surface area is 119 Å². The summed E-state index contributed by atoms with van der Waals surface area (Å²) >= 11 is 0. The van der Waals surface area contributed by atoms with E-state index >= 15 is 0 Å². The van der Waals surface area contributed by atoms with Gasteiger partial charge < -0.3 is 9.84 Å². The Morgan fingerprint density at radius 2 is 1.90 bits per heavy atom. The Kier molecular flexibility index (Phi) is 3.93. The molecular formula is C16H20N2O2. The molecule has 1 amide bonds. The van der Waals surface area contributed by atoms with Gasteiger partial charge in [0.05, 0.1) is 6.04 Å². The molecule has 1 heterocycles. The third kappa shape index (κ3) is 3.26. The van der Waals surface area contributed by atoms with Crippen LogP contribution in [0.25, 0.3) is 0 Å². The average Bonchev–Trinajstić information content (AvgIpc) is 2.89. The van der Waals surface area contributed by atoms with E-state index in [1.54, 1.807) is 6.07 Å². The molecular weight excluding hydrogens is 252 g/mol. The predicted molar refractivity (Wildman–Crippen MR) is 77.5 cm³/mol. The quantitative estimate of drug-likeness (QED) is 0.930. The Balaban J connectivity index is 2.07. The zero-order chi connectivity index (χ0) is 14.8. The maximum absolute atomic E-state index is 12.1. The second-order valence-corrected chi connectivity index (χ2v) is 5.93. The molecule has 0 aliphatic carbocycles. The molecule has 1 N–H and O–H groups in total. The summed E-state index contributed by atoms with van der Waals surface area (Å²) < 4.78 is 5.23. The molecule has 0 fully saturated rings. The summed E-state index contributed by atoms with van der Waals surface area (Å²) in [4.78, 5) is 12.1. The number of carbonyl (C=O) groups excluding carboxylic acids is 1. The van der Waals surface area contributed by atoms with E-state index in [-0.39, 0.29) is 17.4 Å². The van der Waals surface area contributed by atoms with Crippen molar-refractivity contribution in [3.63, 3.8) is 0 Å². The van der Waals surface area contributed by atoms with E-state index in [4.69, 9.17) is 4.52 Å². The Morgan fingerprint density at radius 1 is 1.25 bits per heavy atom. The van der Waals surface area contributed by atoms with Crippen LogP contribution < -0.4 is 5.32 Å². The maximum atomic E-state index is 12.1. The first kappa shape index (κ1) is 14.3. The fraction of sp³-hybridized carbons (Fsp3) is 0.375. The number of hydrogen-bond acceptors (Lipinski definition) is 3. The minimum atomic E-state index is -0.222. The van der Waals surface area contributed by atoms with Crippen molar-refractivity contribution in [1.29, 1.82) is 0 Å². The molecule has 0 spiro atoms. The van der Waals surface area contributed by atoms with E-state index in [0.717, 1.165) is 5.56 Å². The second kappa shape index (κ2) is 5.49. The number of nitrogens with zero attached hydrogens (tertiary/aromatic N) is 1. The van der Waals surface area contributed by atoms with Crippen LogP contribution in [0.15, 0.2) is 40.9 Å². The van der Waals surface area contributed by atoms with E-state index in [9.17, 15) is 4.79 Å². The Hall–Kier alpha value is -2.10. The van der Waals surface area contributed by atoms with Gasteiger partial charge in [-0.2, -0.15) is 0 Å². The van der Waals surface area contributed by atoms with E-state index in [2.05, 4.69) is 10.5 Å². The molecule has 4 nitrogen and oxygen atoms in total. The van der Waals surface area contributed by atoms with Crippen molar-refractivity contribution in [3.8, 4) is 0 Å². The van der Waals surface area contributed by atoms with Crippen molar-refractivity contribution in [3.05, 3.63) is 53.4 Å². The van der Waals surface area contributed by atoms with Crippen LogP contribution >= 0.6 is 0 Å². The van der Waals surface area contributed by atoms with Crippen LogP contribution in [0.1, 0.15) is 55.5 Å². The fourth-order valence-electron chi connectivity index (χ4n) is 1.83. The van der Waals surface area contributed by atoms with Crippen LogP contribution in [0.3, 0.4) is 0 Å². The molecule has 20 heavy (non-hydrogen) atoms. The van der Waals surface area contributed by atoms with E-state index in [0.29, 0.717) is 11.5 Å². The van der Waals surface area contributed by atoms with Gasteiger partial charge in [0, 0.05) is 11.5 Å². The third-order valence-corrected chi connectivity index (χ3v) is 3.13. The summed E-state index contributed by atoms with van der Waals surface area (Å²) in [6, 6.07) is 11.4. The standard InChI is InChI=1S/C16H20N2O2/c1-11(12-8-6-5-7-9-12)17-15(19)13-10-14(20-18-13)16(2,3)4/h5-11H,1-4H3,(H,17,19). The number of amides is 1. The minimum absolute atomic E-state index is 0.0708. The van der Waals surface area contributed by atoms with E-state index in [1.165, 1.54) is 0 Å². The number of hydrogen-bond donors (Lipinski definition) is 1. The van der Waals surface area contributed by atoms with Crippen LogP contribution in [0.2, 0.25) is 0 Å². The van der Waals surface area contributed by atoms with Gasteiger partial charge in [0.25, 0.3) is 5.91 Å². The number of rotatable bonds is 3. The molecule has 0 radical (unpaired) electrons. The lowest BCUT2D eigenvalue weighted by Crippen LogP contribution is -2.26. The number of carbonyl (C=O) groups is 1. The lowest BCUT2D eigenvalue weighted by molar-refractivity contribution is 0.0930. The van der Waals surface area contributed by atoms with E-state index < -0.39 is 0 Å². The minimum Gasteiger partial charge on any atom is -0.360 e. The van der Waals surface area contributed by atoms with Crippen LogP contribution in [0.4, 0.5) is 0 Å². The van der Waals surface area contributed by atoms with Crippen molar-refractivity contribution >= 4 is 5.91 Å². The summed E-state index contributed by atoms with van der Waals surface area (Å²) in [6.45, 7) is 7.99. The lowest BCUT2D eigenvalue weighted by Gasteiger charge is -2.13. The van der Waals surface area contributed by atoms with Crippen molar-refractivity contribution in [2.75, 3.05) is 0 Å². The molecule has 0 aliphatic rings. The van der Waals surface area contributed by atoms with E-state index in [1.807, 2.05) is 58.0 Å². The molecule has 0 saturated heterocycles. The maximum Gasteiger partial charge on any atom is 0.273 e. The predicted octanol–water partition coefficient (Wildman–Crippen LogP) is 3.46. The summed E-state index contributed by atoms with van der Waals surface area (Å²) in [7, 11) is 0. The number of benzene rings is 1. The lowest BCUT2D eigenvalue weighted by atomic mass is 9.93. The molecule has 1 unspecified atom stereocenters. The first-order chi connectivity index (χ1) is 9.38. The molecule has 1 atom stereocenters. The molecule has 2 rings (SSSR count). The highest BCUT2D eigenvalue weighted by atomic mass is 16.5. The van der Waals surface area contributed by atoms with Crippen molar-refractivity contribution < 1.29 is 9.32 Å². The molecule has 0 bridgehead atoms. The van der Waals surface area contributed by atoms with Crippen molar-refractivity contribution in [1.82, 2.24) is 10.5 Å². The van der Waals surface area contributed by atoms with Gasteiger partial charge in [-0.1, -0.05) is 56.3 Å². The topological polar surface area (TPSA) is 55.1 Å². The van der Waals surface area contributed by atoms with Gasteiger partial charge in [0.15, 0.2) is 5.69 Å². The first-order valence-electron chi connectivity index (χ1n) is 6.71. The highest BCUT2D eigenvalue weighted by molar-refractivity contribution is 5.92. The highest BCUT2D eigenvalue weighted by Gasteiger charge is 2.22. The largest absolute Gasteiger partial charge is 0.360 e. The van der Waals surface area contributed by atoms with Gasteiger partial charge in [-0.15, -0.1) is 0 Å². The Morgan fingerprint density at radius 3 is 2.45 bits per heavy atom. The molecule has 106 valence electrons. The molecule has 4 heteroatoms. The summed E-state index contributed by atoms with van der Waals surface area (Å²) in [5.41, 5.74) is 1.22. The van der Waals surface area contributed by atoms with Gasteiger partial charge in [0.2, 0.25) is 0 Å². The zero-order valence-corrected chi connectivity index (χ0v) is 12.3. The Bertz CT molecular complexity index is 582. The summed E-state index contributed by atoms with van der Waals surface area (Å²) in [5, 5.41) is 6.76. The van der Waals surface area contributed by atoms with Crippen LogP contribution in [-0.4, -0.2) is 11.1 Å². The smallest absolute Gasteiger partial charge is 0.273 e. The SMILES string of the molecule is CC(NC(=O)c1cc(C(C)(C)C)on1)c1ccccc1. The zero-order valence-electron chi connectivity index (χ0n) is 12.3. The molecule has 0 saturated carbocycles. The normalized spacial score (nSPS) is 13.0. The van der Waals surface area contributed by atoms with Crippen LogP contribution in [0, 0.1) is 0 Å².